The Morgan fingerprint density at radius 2 is 1.71 bits per heavy atom. The summed E-state index contributed by atoms with van der Waals surface area (Å²) in [4.78, 5) is 10.1. The number of nitrogens with two attached hydrogens (primary N) is 1. The van der Waals surface area contributed by atoms with Crippen LogP contribution in [0.5, 0.6) is 5.75 Å². The van der Waals surface area contributed by atoms with Crippen LogP contribution in [0.1, 0.15) is 5.56 Å². The minimum Gasteiger partial charge on any atom is -0.497 e. The molecule has 0 saturated carbocycles. The van der Waals surface area contributed by atoms with Crippen molar-refractivity contribution >= 4 is 33.4 Å². The van der Waals surface area contributed by atoms with Gasteiger partial charge in [0.05, 0.1) is 7.11 Å². The highest BCUT2D eigenvalue weighted by atomic mass is 32.2. The number of piperazine rings is 1. The van der Waals surface area contributed by atoms with Crippen LogP contribution < -0.4 is 20.3 Å². The van der Waals surface area contributed by atoms with Gasteiger partial charge in [0.25, 0.3) is 10.0 Å². The summed E-state index contributed by atoms with van der Waals surface area (Å²) in [5, 5.41) is 0. The van der Waals surface area contributed by atoms with Gasteiger partial charge in [-0.3, -0.25) is 15.6 Å². The number of aromatic nitrogens is 1. The number of anilines is 3. The summed E-state index contributed by atoms with van der Waals surface area (Å²) in [6, 6.07) is 13.0. The van der Waals surface area contributed by atoms with Crippen LogP contribution in [-0.2, 0) is 10.0 Å². The first-order chi connectivity index (χ1) is 16.8. The zero-order valence-electron chi connectivity index (χ0n) is 19.5. The second-order valence-electron chi connectivity index (χ2n) is 8.56. The van der Waals surface area contributed by atoms with Gasteiger partial charge in [0, 0.05) is 61.6 Å². The maximum absolute atomic E-state index is 14.6. The number of rotatable bonds is 5. The second-order valence-corrected chi connectivity index (χ2v) is 10.3. The summed E-state index contributed by atoms with van der Waals surface area (Å²) in [5.74, 6) is -0.340. The molecule has 1 unspecified atom stereocenters. The Hall–Kier alpha value is -3.41. The summed E-state index contributed by atoms with van der Waals surface area (Å²) in [7, 11) is -0.804. The number of nitrogens with zero attached hydrogens (tertiary/aromatic N) is 5. The Kier molecular flexibility index (Phi) is 5.99. The Labute approximate surface area is 203 Å². The lowest BCUT2D eigenvalue weighted by Gasteiger charge is -2.35. The molecule has 0 amide bonds. The Morgan fingerprint density at radius 1 is 1.03 bits per heavy atom. The van der Waals surface area contributed by atoms with Crippen molar-refractivity contribution < 1.29 is 17.5 Å². The average Bonchev–Trinajstić information content (AvgIpc) is 3.30. The third-order valence-electron chi connectivity index (χ3n) is 6.39. The molecule has 1 atom stereocenters. The summed E-state index contributed by atoms with van der Waals surface area (Å²) < 4.78 is 47.9. The predicted molar refractivity (Wildman–Crippen MR) is 134 cm³/mol. The molecule has 3 aromatic rings. The van der Waals surface area contributed by atoms with Crippen LogP contribution >= 0.6 is 0 Å². The highest BCUT2D eigenvalue weighted by molar-refractivity contribution is 7.90. The molecule has 0 aliphatic carbocycles. The number of hydrogen-bond acceptors (Lipinski definition) is 8. The monoisotopic (exact) mass is 498 g/mol. The van der Waals surface area contributed by atoms with Gasteiger partial charge in [-0.25, -0.2) is 16.8 Å². The number of aliphatic imine (C=N–C) groups is 1. The Balaban J connectivity index is 1.54. The molecule has 0 spiro atoms. The first-order valence-electron chi connectivity index (χ1n) is 11.2. The van der Waals surface area contributed by atoms with Crippen LogP contribution in [0.2, 0.25) is 0 Å². The van der Waals surface area contributed by atoms with Gasteiger partial charge < -0.3 is 14.5 Å². The molecule has 0 bridgehead atoms. The number of likely N-dealkylation sites (N-methyl/N-ethyl adjacent to an activating group) is 1. The molecule has 11 heteroatoms. The lowest BCUT2D eigenvalue weighted by atomic mass is 10.2. The fourth-order valence-corrected chi connectivity index (χ4v) is 5.82. The normalized spacial score (nSPS) is 18.6. The molecule has 3 heterocycles. The summed E-state index contributed by atoms with van der Waals surface area (Å²) in [6.45, 7) is 3.84. The standard InChI is InChI=1S/C24H27FN6O3S/c1-28-11-13-29(14-12-28)18-3-5-19(6-4-18)31-23-17(16-27-24(31)26)9-10-30(23)35(32,33)22-15-20(34-2)7-8-21(22)25/h3-10,15-16,24H,11-14,26H2,1-2H3. The van der Waals surface area contributed by atoms with E-state index in [-0.39, 0.29) is 5.75 Å². The third kappa shape index (κ3) is 4.15. The molecule has 9 nitrogen and oxygen atoms in total. The topological polar surface area (TPSA) is 96.4 Å². The molecule has 1 saturated heterocycles. The van der Waals surface area contributed by atoms with Gasteiger partial charge in [-0.15, -0.1) is 0 Å². The largest absolute Gasteiger partial charge is 0.497 e. The minimum absolute atomic E-state index is 0.237. The van der Waals surface area contributed by atoms with E-state index in [1.165, 1.54) is 31.7 Å². The smallest absolute Gasteiger partial charge is 0.272 e. The number of benzene rings is 2. The average molecular weight is 499 g/mol. The van der Waals surface area contributed by atoms with Crippen molar-refractivity contribution in [1.29, 1.82) is 0 Å². The van der Waals surface area contributed by atoms with Crippen molar-refractivity contribution in [2.45, 2.75) is 11.2 Å². The predicted octanol–water partition coefficient (Wildman–Crippen LogP) is 2.44. The molecule has 5 rings (SSSR count). The van der Waals surface area contributed by atoms with Gasteiger partial charge in [-0.05, 0) is 49.5 Å². The van der Waals surface area contributed by atoms with Crippen LogP contribution in [-0.4, -0.2) is 70.1 Å². The molecule has 2 aromatic carbocycles. The van der Waals surface area contributed by atoms with E-state index in [0.29, 0.717) is 17.1 Å². The molecule has 2 aliphatic rings. The molecule has 1 fully saturated rings. The van der Waals surface area contributed by atoms with Crippen molar-refractivity contribution in [3.8, 4) is 5.75 Å². The van der Waals surface area contributed by atoms with Crippen LogP contribution in [0, 0.1) is 5.82 Å². The van der Waals surface area contributed by atoms with Crippen LogP contribution in [0.25, 0.3) is 0 Å². The van der Waals surface area contributed by atoms with E-state index in [1.807, 2.05) is 24.3 Å². The molecular formula is C24H27FN6O3S. The first-order valence-corrected chi connectivity index (χ1v) is 12.7. The quantitative estimate of drug-likeness (QED) is 0.577. The van der Waals surface area contributed by atoms with E-state index in [2.05, 4.69) is 21.8 Å². The van der Waals surface area contributed by atoms with E-state index >= 15 is 0 Å². The van der Waals surface area contributed by atoms with Crippen LogP contribution in [0.3, 0.4) is 0 Å². The molecular weight excluding hydrogens is 471 g/mol. The molecule has 2 aliphatic heterocycles. The lowest BCUT2D eigenvalue weighted by molar-refractivity contribution is 0.313. The maximum atomic E-state index is 14.6. The highest BCUT2D eigenvalue weighted by Crippen LogP contribution is 2.37. The Bertz CT molecular complexity index is 1360. The SMILES string of the molecule is COc1ccc(F)c(S(=O)(=O)n2ccc3c2N(c2ccc(N4CCN(C)CC4)cc2)C(N)N=C3)c1. The first kappa shape index (κ1) is 23.3. The molecule has 35 heavy (non-hydrogen) atoms. The van der Waals surface area contributed by atoms with Crippen LogP contribution in [0.15, 0.2) is 64.6 Å². The number of methoxy groups -OCH3 is 1. The van der Waals surface area contributed by atoms with Crippen molar-refractivity contribution in [2.75, 3.05) is 50.1 Å². The zero-order valence-corrected chi connectivity index (χ0v) is 20.3. The van der Waals surface area contributed by atoms with Gasteiger partial charge >= 0.3 is 0 Å². The van der Waals surface area contributed by atoms with Crippen molar-refractivity contribution in [2.24, 2.45) is 10.7 Å². The molecule has 2 N–H and O–H groups in total. The van der Waals surface area contributed by atoms with Crippen LogP contribution in [0.4, 0.5) is 21.6 Å². The van der Waals surface area contributed by atoms with Gasteiger partial charge in [0.15, 0.2) is 6.29 Å². The molecule has 184 valence electrons. The minimum atomic E-state index is -4.31. The van der Waals surface area contributed by atoms with E-state index in [4.69, 9.17) is 10.5 Å². The van der Waals surface area contributed by atoms with Crippen molar-refractivity contribution in [3.05, 3.63) is 66.1 Å². The third-order valence-corrected chi connectivity index (χ3v) is 8.07. The number of hydrogen-bond donors (Lipinski definition) is 1. The van der Waals surface area contributed by atoms with E-state index < -0.39 is 27.0 Å². The van der Waals surface area contributed by atoms with Gasteiger partial charge in [0.1, 0.15) is 22.3 Å². The zero-order chi connectivity index (χ0) is 24.7. The molecule has 0 radical (unpaired) electrons. The highest BCUT2D eigenvalue weighted by Gasteiger charge is 2.32. The summed E-state index contributed by atoms with van der Waals surface area (Å²) in [6.07, 6.45) is 2.06. The fourth-order valence-electron chi connectivity index (χ4n) is 4.39. The van der Waals surface area contributed by atoms with E-state index in [9.17, 15) is 12.8 Å². The summed E-state index contributed by atoms with van der Waals surface area (Å²) in [5.41, 5.74) is 8.63. The van der Waals surface area contributed by atoms with E-state index in [0.717, 1.165) is 41.9 Å². The number of halogens is 1. The van der Waals surface area contributed by atoms with Gasteiger partial charge in [-0.1, -0.05) is 0 Å². The fraction of sp³-hybridized carbons (Fsp3) is 0.292. The van der Waals surface area contributed by atoms with Gasteiger partial charge in [0.2, 0.25) is 0 Å². The van der Waals surface area contributed by atoms with Crippen molar-refractivity contribution in [3.63, 3.8) is 0 Å². The number of fused-ring (bicyclic) bond motifs is 1. The molecule has 1 aromatic heterocycles. The Morgan fingerprint density at radius 3 is 2.40 bits per heavy atom. The van der Waals surface area contributed by atoms with E-state index in [1.54, 1.807) is 11.0 Å². The number of ether oxygens (including phenoxy) is 1. The second kappa shape index (κ2) is 8.99. The lowest BCUT2D eigenvalue weighted by Crippen LogP contribution is -2.44. The summed E-state index contributed by atoms with van der Waals surface area (Å²) >= 11 is 0. The maximum Gasteiger partial charge on any atom is 0.272 e. The van der Waals surface area contributed by atoms with Crippen molar-refractivity contribution in [1.82, 2.24) is 8.87 Å². The van der Waals surface area contributed by atoms with Gasteiger partial charge in [-0.2, -0.15) is 0 Å².